The van der Waals surface area contributed by atoms with E-state index in [1.165, 1.54) is 0 Å². The van der Waals surface area contributed by atoms with Crippen LogP contribution in [0.5, 0.6) is 5.75 Å². The van der Waals surface area contributed by atoms with Crippen LogP contribution in [-0.4, -0.2) is 61.9 Å². The fourth-order valence-corrected chi connectivity index (χ4v) is 8.47. The third-order valence-electron chi connectivity index (χ3n) is 10.1. The fraction of sp³-hybridized carbons (Fsp3) is 0.514. The van der Waals surface area contributed by atoms with Crippen LogP contribution >= 0.6 is 11.8 Å². The van der Waals surface area contributed by atoms with Gasteiger partial charge in [0.1, 0.15) is 29.8 Å². The van der Waals surface area contributed by atoms with E-state index in [0.717, 1.165) is 29.1 Å². The molecule has 0 radical (unpaired) electrons. The number of thioether (sulfide) groups is 1. The molecular formula is C37H48O7S. The molecule has 244 valence electrons. The van der Waals surface area contributed by atoms with E-state index in [9.17, 15) is 5.11 Å². The molecule has 6 atom stereocenters. The van der Waals surface area contributed by atoms with Gasteiger partial charge in [-0.15, -0.1) is 6.58 Å². The molecule has 1 heterocycles. The summed E-state index contributed by atoms with van der Waals surface area (Å²) in [5.41, 5.74) is -2.28. The molecule has 2 aliphatic carbocycles. The van der Waals surface area contributed by atoms with Crippen molar-refractivity contribution < 1.29 is 33.5 Å². The van der Waals surface area contributed by atoms with Gasteiger partial charge in [-0.25, -0.2) is 0 Å². The van der Waals surface area contributed by atoms with Gasteiger partial charge in [0.15, 0.2) is 5.79 Å². The summed E-state index contributed by atoms with van der Waals surface area (Å²) in [6.07, 6.45) is 8.49. The van der Waals surface area contributed by atoms with Crippen molar-refractivity contribution in [1.29, 1.82) is 0 Å². The summed E-state index contributed by atoms with van der Waals surface area (Å²) in [6, 6.07) is 18.0. The van der Waals surface area contributed by atoms with Gasteiger partial charge in [-0.05, 0) is 79.3 Å². The van der Waals surface area contributed by atoms with Crippen LogP contribution in [0.2, 0.25) is 0 Å². The molecule has 7 nitrogen and oxygen atoms in total. The Hall–Kier alpha value is -2.43. The summed E-state index contributed by atoms with van der Waals surface area (Å²) >= 11 is 1.65. The summed E-state index contributed by atoms with van der Waals surface area (Å²) in [4.78, 5) is 1.14. The molecule has 5 rings (SSSR count). The fourth-order valence-electron chi connectivity index (χ4n) is 7.70. The molecule has 1 saturated heterocycles. The third kappa shape index (κ3) is 6.31. The van der Waals surface area contributed by atoms with Crippen molar-refractivity contribution in [1.82, 2.24) is 0 Å². The lowest BCUT2D eigenvalue weighted by atomic mass is 9.62. The van der Waals surface area contributed by atoms with Crippen LogP contribution in [-0.2, 0) is 30.3 Å². The Morgan fingerprint density at radius 2 is 1.76 bits per heavy atom. The number of aliphatic hydroxyl groups is 1. The standard InChI is InChI=1S/C37H48O7S/c1-8-31(41-24-27-14-16-28(40-7)17-15-27)35(25-43-34(4,5)44-35)20-21-37(38)32(42-26-39-6)30-18-19-36(37,33(30,2)3)22-23-45-29-12-10-9-11-13-29/h8-17,20-23,30-32,38H,1,18-19,24-26H2,2-7H3/b21-20-,23-22-/t30-,31-,32-,35+,36-,37-/m1/s1. The highest BCUT2D eigenvalue weighted by Crippen LogP contribution is 2.71. The summed E-state index contributed by atoms with van der Waals surface area (Å²) in [7, 11) is 3.25. The lowest BCUT2D eigenvalue weighted by molar-refractivity contribution is -0.176. The maximum absolute atomic E-state index is 13.0. The van der Waals surface area contributed by atoms with E-state index in [-0.39, 0.29) is 24.7 Å². The average Bonchev–Trinajstić information content (AvgIpc) is 3.54. The van der Waals surface area contributed by atoms with Crippen LogP contribution in [0.15, 0.2) is 95.8 Å². The first-order valence-corrected chi connectivity index (χ1v) is 16.5. The highest BCUT2D eigenvalue weighted by molar-refractivity contribution is 8.02. The van der Waals surface area contributed by atoms with Crippen molar-refractivity contribution in [2.45, 2.75) is 81.2 Å². The van der Waals surface area contributed by atoms with Crippen molar-refractivity contribution in [2.24, 2.45) is 16.7 Å². The minimum absolute atomic E-state index is 0.0873. The van der Waals surface area contributed by atoms with Gasteiger partial charge in [0.05, 0.1) is 26.4 Å². The molecule has 0 amide bonds. The van der Waals surface area contributed by atoms with E-state index in [0.29, 0.717) is 6.61 Å². The van der Waals surface area contributed by atoms with E-state index >= 15 is 0 Å². The molecule has 0 aromatic heterocycles. The predicted octanol–water partition coefficient (Wildman–Crippen LogP) is 7.31. The Kier molecular flexibility index (Phi) is 10.1. The Balaban J connectivity index is 1.50. The number of hydrogen-bond donors (Lipinski definition) is 1. The average molecular weight is 637 g/mol. The van der Waals surface area contributed by atoms with Crippen molar-refractivity contribution in [3.05, 3.63) is 96.5 Å². The quantitative estimate of drug-likeness (QED) is 0.132. The number of fused-ring (bicyclic) bond motifs is 2. The zero-order chi connectivity index (χ0) is 32.3. The van der Waals surface area contributed by atoms with Crippen LogP contribution < -0.4 is 4.74 Å². The first kappa shape index (κ1) is 33.9. The second-order valence-corrected chi connectivity index (χ2v) is 14.3. The summed E-state index contributed by atoms with van der Waals surface area (Å²) in [6.45, 7) is 13.0. The third-order valence-corrected chi connectivity index (χ3v) is 10.9. The molecule has 3 fully saturated rings. The lowest BCUT2D eigenvalue weighted by Crippen LogP contribution is -2.54. The van der Waals surface area contributed by atoms with Crippen LogP contribution in [0.1, 0.15) is 46.1 Å². The van der Waals surface area contributed by atoms with Gasteiger partial charge in [-0.1, -0.05) is 74.2 Å². The van der Waals surface area contributed by atoms with Crippen LogP contribution in [0.25, 0.3) is 0 Å². The van der Waals surface area contributed by atoms with Crippen LogP contribution in [0.4, 0.5) is 0 Å². The minimum Gasteiger partial charge on any atom is -0.497 e. The van der Waals surface area contributed by atoms with E-state index in [1.54, 1.807) is 32.1 Å². The molecule has 3 aliphatic rings. The van der Waals surface area contributed by atoms with Gasteiger partial charge in [-0.2, -0.15) is 0 Å². The normalized spacial score (nSPS) is 32.4. The molecular weight excluding hydrogens is 588 g/mol. The first-order chi connectivity index (χ1) is 21.5. The van der Waals surface area contributed by atoms with Gasteiger partial charge < -0.3 is 33.5 Å². The number of ether oxygens (including phenoxy) is 6. The van der Waals surface area contributed by atoms with Crippen LogP contribution in [0, 0.1) is 16.7 Å². The largest absolute Gasteiger partial charge is 0.497 e. The zero-order valence-electron chi connectivity index (χ0n) is 27.4. The summed E-state index contributed by atoms with van der Waals surface area (Å²) < 4.78 is 36.2. The van der Waals surface area contributed by atoms with E-state index in [1.807, 2.05) is 68.5 Å². The molecule has 0 unspecified atom stereocenters. The maximum Gasteiger partial charge on any atom is 0.164 e. The zero-order valence-corrected chi connectivity index (χ0v) is 28.2. The number of hydrogen-bond acceptors (Lipinski definition) is 8. The molecule has 2 bridgehead atoms. The molecule has 2 saturated carbocycles. The predicted molar refractivity (Wildman–Crippen MR) is 177 cm³/mol. The summed E-state index contributed by atoms with van der Waals surface area (Å²) in [5.74, 6) is 0.0371. The van der Waals surface area contributed by atoms with Gasteiger partial charge in [-0.3, -0.25) is 0 Å². The Labute approximate surface area is 272 Å². The SMILES string of the molecule is C=C[C@@H](OCc1ccc(OC)cc1)[C@]1(/C=C\[C@@]2(O)[C@H](OCOC)[C@H]3CC[C@@]2(/C=C\Sc2ccccc2)C3(C)C)COC(C)(C)O1. The molecule has 2 aromatic carbocycles. The monoisotopic (exact) mass is 636 g/mol. The molecule has 1 aliphatic heterocycles. The van der Waals surface area contributed by atoms with E-state index in [2.05, 4.69) is 44.0 Å². The second kappa shape index (κ2) is 13.4. The Morgan fingerprint density at radius 3 is 2.38 bits per heavy atom. The molecule has 45 heavy (non-hydrogen) atoms. The topological polar surface area (TPSA) is 75.6 Å². The molecule has 1 N–H and O–H groups in total. The van der Waals surface area contributed by atoms with Gasteiger partial charge in [0.25, 0.3) is 0 Å². The first-order valence-electron chi connectivity index (χ1n) is 15.6. The van der Waals surface area contributed by atoms with Gasteiger partial charge >= 0.3 is 0 Å². The number of methoxy groups -OCH3 is 2. The molecule has 8 heteroatoms. The highest BCUT2D eigenvalue weighted by atomic mass is 32.2. The summed E-state index contributed by atoms with van der Waals surface area (Å²) in [5, 5.41) is 15.1. The number of benzene rings is 2. The Bertz CT molecular complexity index is 1360. The number of rotatable bonds is 14. The maximum atomic E-state index is 13.0. The van der Waals surface area contributed by atoms with Crippen molar-refractivity contribution >= 4 is 11.8 Å². The molecule has 2 aromatic rings. The van der Waals surface area contributed by atoms with Gasteiger partial charge in [0, 0.05) is 17.4 Å². The van der Waals surface area contributed by atoms with Crippen molar-refractivity contribution in [3.8, 4) is 5.75 Å². The Morgan fingerprint density at radius 1 is 1.02 bits per heavy atom. The lowest BCUT2D eigenvalue weighted by Gasteiger charge is -2.46. The second-order valence-electron chi connectivity index (χ2n) is 13.3. The van der Waals surface area contributed by atoms with Crippen molar-refractivity contribution in [3.63, 3.8) is 0 Å². The van der Waals surface area contributed by atoms with Crippen LogP contribution in [0.3, 0.4) is 0 Å². The smallest absolute Gasteiger partial charge is 0.164 e. The van der Waals surface area contributed by atoms with E-state index in [4.69, 9.17) is 28.4 Å². The van der Waals surface area contributed by atoms with Crippen molar-refractivity contribution in [2.75, 3.05) is 27.6 Å². The van der Waals surface area contributed by atoms with E-state index < -0.39 is 34.6 Å². The highest BCUT2D eigenvalue weighted by Gasteiger charge is 2.74. The molecule has 0 spiro atoms. The van der Waals surface area contributed by atoms with Gasteiger partial charge in [0.2, 0.25) is 0 Å². The minimum atomic E-state index is -1.36.